The lowest BCUT2D eigenvalue weighted by atomic mass is 9.85. The Kier molecular flexibility index (Phi) is 6.04. The maximum atomic E-state index is 13.9. The average molecular weight is 592 g/mol. The van der Waals surface area contributed by atoms with Crippen LogP contribution in [0.25, 0.3) is 88.3 Å². The zero-order chi connectivity index (χ0) is 30.6. The molecular formula is C43H26FNO. The van der Waals surface area contributed by atoms with E-state index in [0.717, 1.165) is 49.7 Å². The molecule has 0 bridgehead atoms. The van der Waals surface area contributed by atoms with Crippen LogP contribution in [0.1, 0.15) is 0 Å². The van der Waals surface area contributed by atoms with E-state index < -0.39 is 0 Å². The highest BCUT2D eigenvalue weighted by Crippen LogP contribution is 2.44. The molecule has 0 saturated carbocycles. The van der Waals surface area contributed by atoms with Crippen LogP contribution in [0.3, 0.4) is 0 Å². The van der Waals surface area contributed by atoms with Gasteiger partial charge in [-0.15, -0.1) is 0 Å². The van der Waals surface area contributed by atoms with Gasteiger partial charge in [-0.1, -0.05) is 109 Å². The normalized spacial score (nSPS) is 11.6. The van der Waals surface area contributed by atoms with Gasteiger partial charge in [-0.2, -0.15) is 0 Å². The van der Waals surface area contributed by atoms with Crippen molar-refractivity contribution >= 4 is 43.4 Å². The Morgan fingerprint density at radius 1 is 0.413 bits per heavy atom. The maximum absolute atomic E-state index is 13.9. The number of nitrogens with zero attached hydrogens (tertiary/aromatic N) is 1. The molecule has 2 nitrogen and oxygen atoms in total. The summed E-state index contributed by atoms with van der Waals surface area (Å²) in [7, 11) is 0. The summed E-state index contributed by atoms with van der Waals surface area (Å²) in [5.41, 5.74) is 9.41. The molecule has 0 amide bonds. The highest BCUT2D eigenvalue weighted by atomic mass is 19.1. The van der Waals surface area contributed by atoms with Gasteiger partial charge in [-0.05, 0) is 114 Å². The number of oxazole rings is 1. The molecule has 1 heterocycles. The molecule has 0 aliphatic rings. The molecule has 0 spiro atoms. The van der Waals surface area contributed by atoms with Crippen LogP contribution in [0.2, 0.25) is 0 Å². The van der Waals surface area contributed by atoms with E-state index in [0.29, 0.717) is 5.89 Å². The van der Waals surface area contributed by atoms with E-state index >= 15 is 0 Å². The van der Waals surface area contributed by atoms with Gasteiger partial charge in [0.15, 0.2) is 5.58 Å². The lowest BCUT2D eigenvalue weighted by Crippen LogP contribution is -1.91. The van der Waals surface area contributed by atoms with E-state index in [1.165, 1.54) is 44.8 Å². The third-order valence-electron chi connectivity index (χ3n) is 8.95. The number of hydrogen-bond acceptors (Lipinski definition) is 2. The topological polar surface area (TPSA) is 26.0 Å². The minimum Gasteiger partial charge on any atom is -0.436 e. The summed E-state index contributed by atoms with van der Waals surface area (Å²) in [6.45, 7) is 0. The Labute approximate surface area is 265 Å². The second-order valence-electron chi connectivity index (χ2n) is 11.7. The van der Waals surface area contributed by atoms with Crippen molar-refractivity contribution in [3.8, 4) is 44.8 Å². The van der Waals surface area contributed by atoms with Crippen molar-refractivity contribution in [1.29, 1.82) is 0 Å². The number of aromatic nitrogens is 1. The van der Waals surface area contributed by atoms with Gasteiger partial charge in [-0.25, -0.2) is 9.37 Å². The molecule has 46 heavy (non-hydrogen) atoms. The molecule has 0 fully saturated rings. The van der Waals surface area contributed by atoms with E-state index in [9.17, 15) is 4.39 Å². The van der Waals surface area contributed by atoms with E-state index in [1.807, 2.05) is 36.4 Å². The molecule has 9 rings (SSSR count). The number of benzene rings is 8. The molecule has 0 radical (unpaired) electrons. The molecule has 0 atom stereocenters. The Bertz CT molecular complexity index is 2490. The van der Waals surface area contributed by atoms with Gasteiger partial charge in [0, 0.05) is 5.56 Å². The molecule has 3 heteroatoms. The molecule has 1 aromatic heterocycles. The molecule has 0 aliphatic heterocycles. The van der Waals surface area contributed by atoms with Gasteiger partial charge >= 0.3 is 0 Å². The standard InChI is InChI=1S/C43H26FNO/c44-34-23-21-28(22-24-34)41-35-7-1-3-9-37(35)42(38-10-4-2-8-36(38)41)33-20-19-31-25-30(17-18-32(31)26-33)27-13-15-29(16-14-27)43-45-39-11-5-6-12-40(39)46-43/h1-26H. The molecule has 0 unspecified atom stereocenters. The zero-order valence-corrected chi connectivity index (χ0v) is 24.7. The van der Waals surface area contributed by atoms with E-state index in [1.54, 1.807) is 0 Å². The minimum atomic E-state index is -0.231. The molecular weight excluding hydrogens is 565 g/mol. The number of fused-ring (bicyclic) bond motifs is 4. The molecule has 8 aromatic carbocycles. The SMILES string of the molecule is Fc1ccc(-c2c3ccccc3c(-c3ccc4cc(-c5ccc(-c6nc7ccccc7o6)cc5)ccc4c3)c3ccccc23)cc1. The van der Waals surface area contributed by atoms with Crippen LogP contribution in [-0.4, -0.2) is 4.98 Å². The first kappa shape index (κ1) is 26.4. The highest BCUT2D eigenvalue weighted by Gasteiger charge is 2.17. The van der Waals surface area contributed by atoms with Crippen molar-refractivity contribution in [3.63, 3.8) is 0 Å². The summed E-state index contributed by atoms with van der Waals surface area (Å²) in [5.74, 6) is 0.398. The number of para-hydroxylation sites is 2. The van der Waals surface area contributed by atoms with E-state index in [2.05, 4.69) is 114 Å². The average Bonchev–Trinajstić information content (AvgIpc) is 3.55. The van der Waals surface area contributed by atoms with Crippen LogP contribution in [0.5, 0.6) is 0 Å². The Balaban J connectivity index is 1.13. The minimum absolute atomic E-state index is 0.231. The van der Waals surface area contributed by atoms with Crippen LogP contribution in [0.4, 0.5) is 4.39 Å². The van der Waals surface area contributed by atoms with Crippen molar-refractivity contribution in [1.82, 2.24) is 4.98 Å². The van der Waals surface area contributed by atoms with Gasteiger partial charge in [0.2, 0.25) is 5.89 Å². The first-order valence-electron chi connectivity index (χ1n) is 15.4. The number of halogens is 1. The van der Waals surface area contributed by atoms with Gasteiger partial charge in [0.1, 0.15) is 11.3 Å². The fourth-order valence-electron chi connectivity index (χ4n) is 6.75. The van der Waals surface area contributed by atoms with Crippen molar-refractivity contribution in [2.75, 3.05) is 0 Å². The number of rotatable bonds is 4. The fourth-order valence-corrected chi connectivity index (χ4v) is 6.75. The smallest absolute Gasteiger partial charge is 0.227 e. The van der Waals surface area contributed by atoms with E-state index in [-0.39, 0.29) is 5.82 Å². The quantitative estimate of drug-likeness (QED) is 0.190. The van der Waals surface area contributed by atoms with Crippen LogP contribution in [-0.2, 0) is 0 Å². The van der Waals surface area contributed by atoms with Crippen LogP contribution < -0.4 is 0 Å². The lowest BCUT2D eigenvalue weighted by Gasteiger charge is -2.18. The Morgan fingerprint density at radius 3 is 1.52 bits per heavy atom. The zero-order valence-electron chi connectivity index (χ0n) is 24.7. The monoisotopic (exact) mass is 591 g/mol. The van der Waals surface area contributed by atoms with Crippen LogP contribution in [0, 0.1) is 5.82 Å². The third kappa shape index (κ3) is 4.36. The van der Waals surface area contributed by atoms with Crippen molar-refractivity contribution in [2.45, 2.75) is 0 Å². The molecule has 0 saturated heterocycles. The first-order valence-corrected chi connectivity index (χ1v) is 15.4. The lowest BCUT2D eigenvalue weighted by molar-refractivity contribution is 0.620. The molecule has 9 aromatic rings. The Morgan fingerprint density at radius 2 is 0.891 bits per heavy atom. The van der Waals surface area contributed by atoms with E-state index in [4.69, 9.17) is 4.42 Å². The van der Waals surface area contributed by atoms with Gasteiger partial charge in [-0.3, -0.25) is 0 Å². The largest absolute Gasteiger partial charge is 0.436 e. The highest BCUT2D eigenvalue weighted by molar-refractivity contribution is 6.21. The summed E-state index contributed by atoms with van der Waals surface area (Å²) < 4.78 is 19.8. The fraction of sp³-hybridized carbons (Fsp3) is 0. The molecule has 216 valence electrons. The predicted octanol–water partition coefficient (Wildman–Crippen LogP) is 12.1. The summed E-state index contributed by atoms with van der Waals surface area (Å²) >= 11 is 0. The first-order chi connectivity index (χ1) is 22.7. The third-order valence-corrected chi connectivity index (χ3v) is 8.95. The molecule has 0 aliphatic carbocycles. The number of hydrogen-bond donors (Lipinski definition) is 0. The van der Waals surface area contributed by atoms with Crippen molar-refractivity contribution in [2.24, 2.45) is 0 Å². The molecule has 0 N–H and O–H groups in total. The van der Waals surface area contributed by atoms with Crippen molar-refractivity contribution in [3.05, 3.63) is 164 Å². The van der Waals surface area contributed by atoms with Crippen LogP contribution >= 0.6 is 0 Å². The van der Waals surface area contributed by atoms with Crippen LogP contribution in [0.15, 0.2) is 162 Å². The van der Waals surface area contributed by atoms with Gasteiger partial charge in [0.05, 0.1) is 0 Å². The Hall–Kier alpha value is -6.06. The maximum Gasteiger partial charge on any atom is 0.227 e. The second-order valence-corrected chi connectivity index (χ2v) is 11.7. The summed E-state index contributed by atoms with van der Waals surface area (Å²) in [6.07, 6.45) is 0. The van der Waals surface area contributed by atoms with Crippen molar-refractivity contribution < 1.29 is 8.81 Å². The predicted molar refractivity (Wildman–Crippen MR) is 188 cm³/mol. The second kappa shape index (κ2) is 10.5. The summed E-state index contributed by atoms with van der Waals surface area (Å²) in [4.78, 5) is 4.64. The van der Waals surface area contributed by atoms with Gasteiger partial charge in [0.25, 0.3) is 0 Å². The van der Waals surface area contributed by atoms with Gasteiger partial charge < -0.3 is 4.42 Å². The summed E-state index contributed by atoms with van der Waals surface area (Å²) in [5, 5.41) is 7.02. The summed E-state index contributed by atoms with van der Waals surface area (Å²) in [6, 6.07) is 53.5.